The fourth-order valence-corrected chi connectivity index (χ4v) is 2.74. The van der Waals surface area contributed by atoms with Crippen LogP contribution in [0.3, 0.4) is 0 Å². The SMILES string of the molecule is CCCCCN(CC(=O)Nc1nc(C)cs1)C(=O)NCCCC. The van der Waals surface area contributed by atoms with Gasteiger partial charge in [0.15, 0.2) is 5.13 Å². The van der Waals surface area contributed by atoms with Gasteiger partial charge in [0.1, 0.15) is 6.54 Å². The monoisotopic (exact) mass is 340 g/mol. The molecule has 130 valence electrons. The van der Waals surface area contributed by atoms with Gasteiger partial charge in [0.2, 0.25) is 5.91 Å². The van der Waals surface area contributed by atoms with Crippen LogP contribution in [0.5, 0.6) is 0 Å². The van der Waals surface area contributed by atoms with Crippen LogP contribution in [0, 0.1) is 6.92 Å². The number of nitrogens with one attached hydrogen (secondary N) is 2. The molecule has 2 N–H and O–H groups in total. The number of anilines is 1. The van der Waals surface area contributed by atoms with E-state index in [1.807, 2.05) is 12.3 Å². The third kappa shape index (κ3) is 7.97. The first-order valence-electron chi connectivity index (χ1n) is 8.31. The van der Waals surface area contributed by atoms with Gasteiger partial charge < -0.3 is 15.5 Å². The van der Waals surface area contributed by atoms with Crippen LogP contribution in [0.4, 0.5) is 9.93 Å². The lowest BCUT2D eigenvalue weighted by atomic mass is 10.2. The van der Waals surface area contributed by atoms with E-state index < -0.39 is 0 Å². The van der Waals surface area contributed by atoms with E-state index in [1.54, 1.807) is 4.90 Å². The van der Waals surface area contributed by atoms with Crippen LogP contribution in [-0.4, -0.2) is 41.5 Å². The van der Waals surface area contributed by atoms with Crippen LogP contribution < -0.4 is 10.6 Å². The molecule has 3 amide bonds. The van der Waals surface area contributed by atoms with Gasteiger partial charge in [0, 0.05) is 18.5 Å². The van der Waals surface area contributed by atoms with Crippen molar-refractivity contribution in [2.45, 2.75) is 52.9 Å². The maximum absolute atomic E-state index is 12.2. The number of hydrogen-bond donors (Lipinski definition) is 2. The molecule has 0 aliphatic rings. The molecule has 23 heavy (non-hydrogen) atoms. The van der Waals surface area contributed by atoms with Gasteiger partial charge in [-0.15, -0.1) is 11.3 Å². The molecule has 0 radical (unpaired) electrons. The van der Waals surface area contributed by atoms with Gasteiger partial charge in [-0.3, -0.25) is 4.79 Å². The van der Waals surface area contributed by atoms with Crippen LogP contribution in [0.1, 0.15) is 51.6 Å². The Morgan fingerprint density at radius 1 is 1.22 bits per heavy atom. The Morgan fingerprint density at radius 2 is 1.96 bits per heavy atom. The number of nitrogens with zero attached hydrogens (tertiary/aromatic N) is 2. The van der Waals surface area contributed by atoms with E-state index >= 15 is 0 Å². The number of unbranched alkanes of at least 4 members (excludes halogenated alkanes) is 3. The number of thiazole rings is 1. The first kappa shape index (κ1) is 19.4. The predicted octanol–water partition coefficient (Wildman–Crippen LogP) is 3.39. The normalized spacial score (nSPS) is 10.4. The highest BCUT2D eigenvalue weighted by Crippen LogP contribution is 2.14. The standard InChI is InChI=1S/C16H28N4O2S/c1-4-6-8-10-20(16(22)17-9-7-5-2)11-14(21)19-15-18-13(3)12-23-15/h12H,4-11H2,1-3H3,(H,17,22)(H,18,19,21). The second-order valence-electron chi connectivity index (χ2n) is 5.56. The van der Waals surface area contributed by atoms with Crippen molar-refractivity contribution in [1.29, 1.82) is 0 Å². The number of amides is 3. The lowest BCUT2D eigenvalue weighted by molar-refractivity contribution is -0.116. The molecule has 0 saturated heterocycles. The summed E-state index contributed by atoms with van der Waals surface area (Å²) in [7, 11) is 0. The van der Waals surface area contributed by atoms with Gasteiger partial charge in [0.05, 0.1) is 5.69 Å². The highest BCUT2D eigenvalue weighted by atomic mass is 32.1. The molecule has 0 saturated carbocycles. The van der Waals surface area contributed by atoms with E-state index in [4.69, 9.17) is 0 Å². The van der Waals surface area contributed by atoms with Gasteiger partial charge in [-0.25, -0.2) is 9.78 Å². The summed E-state index contributed by atoms with van der Waals surface area (Å²) >= 11 is 1.39. The van der Waals surface area contributed by atoms with E-state index in [1.165, 1.54) is 11.3 Å². The molecular weight excluding hydrogens is 312 g/mol. The molecule has 0 fully saturated rings. The summed E-state index contributed by atoms with van der Waals surface area (Å²) in [5.74, 6) is -0.207. The first-order valence-corrected chi connectivity index (χ1v) is 9.19. The van der Waals surface area contributed by atoms with Gasteiger partial charge in [-0.05, 0) is 19.8 Å². The molecule has 0 atom stereocenters. The molecule has 0 aliphatic carbocycles. The smallest absolute Gasteiger partial charge is 0.317 e. The molecular formula is C16H28N4O2S. The molecule has 6 nitrogen and oxygen atoms in total. The Kier molecular flexibility index (Phi) is 9.28. The summed E-state index contributed by atoms with van der Waals surface area (Å²) in [5, 5.41) is 8.09. The summed E-state index contributed by atoms with van der Waals surface area (Å²) in [5.41, 5.74) is 0.877. The number of urea groups is 1. The van der Waals surface area contributed by atoms with Crippen molar-refractivity contribution in [2.24, 2.45) is 0 Å². The van der Waals surface area contributed by atoms with E-state index in [9.17, 15) is 9.59 Å². The maximum atomic E-state index is 12.2. The zero-order chi connectivity index (χ0) is 17.1. The third-order valence-corrected chi connectivity index (χ3v) is 4.20. The van der Waals surface area contributed by atoms with Crippen LogP contribution in [0.25, 0.3) is 0 Å². The molecule has 1 aromatic rings. The van der Waals surface area contributed by atoms with E-state index in [0.29, 0.717) is 18.2 Å². The minimum Gasteiger partial charge on any atom is -0.338 e. The Labute approximate surface area is 142 Å². The quantitative estimate of drug-likeness (QED) is 0.641. The third-order valence-electron chi connectivity index (χ3n) is 3.33. The number of carbonyl (C=O) groups excluding carboxylic acids is 2. The van der Waals surface area contributed by atoms with Gasteiger partial charge >= 0.3 is 6.03 Å². The van der Waals surface area contributed by atoms with Crippen LogP contribution in [0.15, 0.2) is 5.38 Å². The number of aromatic nitrogens is 1. The maximum Gasteiger partial charge on any atom is 0.317 e. The minimum absolute atomic E-state index is 0.0559. The van der Waals surface area contributed by atoms with Crippen molar-refractivity contribution in [3.8, 4) is 0 Å². The zero-order valence-corrected chi connectivity index (χ0v) is 15.2. The fourth-order valence-electron chi connectivity index (χ4n) is 2.03. The summed E-state index contributed by atoms with van der Waals surface area (Å²) < 4.78 is 0. The van der Waals surface area contributed by atoms with Crippen molar-refractivity contribution in [2.75, 3.05) is 25.0 Å². The number of aryl methyl sites for hydroxylation is 1. The van der Waals surface area contributed by atoms with Crippen molar-refractivity contribution in [1.82, 2.24) is 15.2 Å². The summed E-state index contributed by atoms with van der Waals surface area (Å²) in [6.45, 7) is 7.37. The molecule has 1 heterocycles. The molecule has 0 bridgehead atoms. The lowest BCUT2D eigenvalue weighted by Crippen LogP contribution is -2.44. The van der Waals surface area contributed by atoms with E-state index in [-0.39, 0.29) is 18.5 Å². The highest BCUT2D eigenvalue weighted by Gasteiger charge is 2.17. The molecule has 1 aromatic heterocycles. The van der Waals surface area contributed by atoms with Gasteiger partial charge in [-0.1, -0.05) is 33.1 Å². The molecule has 0 aliphatic heterocycles. The van der Waals surface area contributed by atoms with E-state index in [0.717, 1.165) is 37.8 Å². The summed E-state index contributed by atoms with van der Waals surface area (Å²) in [6.07, 6.45) is 5.00. The van der Waals surface area contributed by atoms with Crippen LogP contribution in [-0.2, 0) is 4.79 Å². The molecule has 0 aromatic carbocycles. The minimum atomic E-state index is -0.207. The van der Waals surface area contributed by atoms with Crippen molar-refractivity contribution in [3.63, 3.8) is 0 Å². The number of rotatable bonds is 10. The topological polar surface area (TPSA) is 74.3 Å². The van der Waals surface area contributed by atoms with Crippen molar-refractivity contribution >= 4 is 28.4 Å². The number of carbonyl (C=O) groups is 2. The lowest BCUT2D eigenvalue weighted by Gasteiger charge is -2.22. The molecule has 7 heteroatoms. The molecule has 1 rings (SSSR count). The van der Waals surface area contributed by atoms with E-state index in [2.05, 4.69) is 29.5 Å². The zero-order valence-electron chi connectivity index (χ0n) is 14.4. The Morgan fingerprint density at radius 3 is 2.57 bits per heavy atom. The Hall–Kier alpha value is -1.63. The predicted molar refractivity (Wildman–Crippen MR) is 94.9 cm³/mol. The Bertz CT molecular complexity index is 490. The van der Waals surface area contributed by atoms with Crippen molar-refractivity contribution < 1.29 is 9.59 Å². The average Bonchev–Trinajstić information content (AvgIpc) is 2.91. The van der Waals surface area contributed by atoms with Gasteiger partial charge in [0.25, 0.3) is 0 Å². The van der Waals surface area contributed by atoms with Crippen LogP contribution in [0.2, 0.25) is 0 Å². The second kappa shape index (κ2) is 11.0. The summed E-state index contributed by atoms with van der Waals surface area (Å²) in [4.78, 5) is 30.2. The largest absolute Gasteiger partial charge is 0.338 e. The second-order valence-corrected chi connectivity index (χ2v) is 6.41. The number of hydrogen-bond acceptors (Lipinski definition) is 4. The average molecular weight is 340 g/mol. The fraction of sp³-hybridized carbons (Fsp3) is 0.688. The van der Waals surface area contributed by atoms with Crippen molar-refractivity contribution in [3.05, 3.63) is 11.1 Å². The Balaban J connectivity index is 2.52. The highest BCUT2D eigenvalue weighted by molar-refractivity contribution is 7.13. The molecule has 0 spiro atoms. The van der Waals surface area contributed by atoms with Crippen LogP contribution >= 0.6 is 11.3 Å². The summed E-state index contributed by atoms with van der Waals surface area (Å²) in [6, 6.07) is -0.167. The van der Waals surface area contributed by atoms with Gasteiger partial charge in [-0.2, -0.15) is 0 Å². The molecule has 0 unspecified atom stereocenters. The first-order chi connectivity index (χ1) is 11.1.